The van der Waals surface area contributed by atoms with Gasteiger partial charge in [0, 0.05) is 19.5 Å². The number of nitrogens with one attached hydrogen (secondary N) is 1. The Hall–Kier alpha value is -2.82. The Kier molecular flexibility index (Phi) is 5.67. The second kappa shape index (κ2) is 8.33. The molecule has 0 aliphatic rings. The number of nitrogens with zero attached hydrogens (tertiary/aromatic N) is 2. The molecule has 0 saturated carbocycles. The van der Waals surface area contributed by atoms with E-state index in [1.165, 1.54) is 0 Å². The van der Waals surface area contributed by atoms with Crippen molar-refractivity contribution in [1.29, 1.82) is 0 Å². The number of imidazole rings is 1. The van der Waals surface area contributed by atoms with Crippen LogP contribution in [-0.2, 0) is 17.8 Å². The van der Waals surface area contributed by atoms with Gasteiger partial charge in [0.15, 0.2) is 0 Å². The number of carbonyl (C=O) groups is 1. The molecule has 1 N–H and O–H groups in total. The number of aryl methyl sites for hydroxylation is 2. The minimum absolute atomic E-state index is 0.590. The molecule has 2 aromatic carbocycles. The smallest absolute Gasteiger partial charge is 0.207 e. The van der Waals surface area contributed by atoms with Gasteiger partial charge in [0.1, 0.15) is 11.6 Å². The van der Waals surface area contributed by atoms with E-state index in [1.807, 2.05) is 36.4 Å². The van der Waals surface area contributed by atoms with Gasteiger partial charge in [0.2, 0.25) is 6.41 Å². The summed E-state index contributed by atoms with van der Waals surface area (Å²) in [5, 5.41) is 2.70. The molecule has 0 unspecified atom stereocenters. The highest BCUT2D eigenvalue weighted by atomic mass is 16.5. The zero-order valence-corrected chi connectivity index (χ0v) is 14.4. The van der Waals surface area contributed by atoms with Crippen LogP contribution in [0.3, 0.4) is 0 Å². The lowest BCUT2D eigenvalue weighted by molar-refractivity contribution is -0.109. The zero-order chi connectivity index (χ0) is 17.5. The summed E-state index contributed by atoms with van der Waals surface area (Å²) in [7, 11) is 0. The average molecular weight is 337 g/mol. The maximum atomic E-state index is 10.5. The molecule has 0 aliphatic heterocycles. The minimum Gasteiger partial charge on any atom is -0.493 e. The second-order valence-corrected chi connectivity index (χ2v) is 5.96. The highest BCUT2D eigenvalue weighted by Gasteiger charge is 2.10. The molecule has 1 heterocycles. The van der Waals surface area contributed by atoms with Crippen molar-refractivity contribution in [2.24, 2.45) is 0 Å². The Balaban J connectivity index is 1.66. The molecule has 130 valence electrons. The van der Waals surface area contributed by atoms with Gasteiger partial charge in [-0.2, -0.15) is 0 Å². The zero-order valence-electron chi connectivity index (χ0n) is 14.4. The molecule has 0 radical (unpaired) electrons. The van der Waals surface area contributed by atoms with Crippen LogP contribution in [0.15, 0.2) is 48.5 Å². The van der Waals surface area contributed by atoms with Crippen molar-refractivity contribution in [3.05, 3.63) is 59.9 Å². The van der Waals surface area contributed by atoms with Gasteiger partial charge >= 0.3 is 0 Å². The van der Waals surface area contributed by atoms with Gasteiger partial charge in [-0.05, 0) is 37.1 Å². The van der Waals surface area contributed by atoms with E-state index >= 15 is 0 Å². The summed E-state index contributed by atoms with van der Waals surface area (Å²) in [4.78, 5) is 15.2. The SMILES string of the molecule is Cc1ccccc1OCCCn1c(CCNC=O)nc2ccccc21. The summed E-state index contributed by atoms with van der Waals surface area (Å²) in [6.45, 7) is 4.13. The van der Waals surface area contributed by atoms with E-state index in [2.05, 4.69) is 28.9 Å². The van der Waals surface area contributed by atoms with Crippen LogP contribution in [0.25, 0.3) is 11.0 Å². The highest BCUT2D eigenvalue weighted by Crippen LogP contribution is 2.18. The third-order valence-corrected chi connectivity index (χ3v) is 4.19. The van der Waals surface area contributed by atoms with E-state index in [9.17, 15) is 4.79 Å². The van der Waals surface area contributed by atoms with Crippen molar-refractivity contribution in [1.82, 2.24) is 14.9 Å². The van der Waals surface area contributed by atoms with E-state index in [0.29, 0.717) is 19.6 Å². The lowest BCUT2D eigenvalue weighted by Crippen LogP contribution is -2.17. The second-order valence-electron chi connectivity index (χ2n) is 5.96. The van der Waals surface area contributed by atoms with Crippen LogP contribution in [0.5, 0.6) is 5.75 Å². The summed E-state index contributed by atoms with van der Waals surface area (Å²) >= 11 is 0. The third kappa shape index (κ3) is 4.18. The molecule has 1 amide bonds. The highest BCUT2D eigenvalue weighted by molar-refractivity contribution is 5.75. The van der Waals surface area contributed by atoms with E-state index in [1.54, 1.807) is 0 Å². The molecule has 0 fully saturated rings. The molecule has 1 aromatic heterocycles. The van der Waals surface area contributed by atoms with Gasteiger partial charge in [-0.3, -0.25) is 4.79 Å². The number of aromatic nitrogens is 2. The molecular weight excluding hydrogens is 314 g/mol. The Morgan fingerprint density at radius 1 is 1.16 bits per heavy atom. The fourth-order valence-corrected chi connectivity index (χ4v) is 2.93. The number of carbonyl (C=O) groups excluding carboxylic acids is 1. The van der Waals surface area contributed by atoms with Crippen LogP contribution in [0, 0.1) is 6.92 Å². The number of hydrogen-bond donors (Lipinski definition) is 1. The van der Waals surface area contributed by atoms with Gasteiger partial charge in [0.25, 0.3) is 0 Å². The van der Waals surface area contributed by atoms with E-state index in [-0.39, 0.29) is 0 Å². The first-order valence-corrected chi connectivity index (χ1v) is 8.59. The molecule has 3 aromatic rings. The van der Waals surface area contributed by atoms with E-state index < -0.39 is 0 Å². The maximum absolute atomic E-state index is 10.5. The first kappa shape index (κ1) is 17.0. The van der Waals surface area contributed by atoms with Crippen molar-refractivity contribution >= 4 is 17.4 Å². The predicted molar refractivity (Wildman–Crippen MR) is 98.8 cm³/mol. The molecule has 5 heteroatoms. The number of benzene rings is 2. The Labute approximate surface area is 147 Å². The number of rotatable bonds is 9. The quantitative estimate of drug-likeness (QED) is 0.482. The van der Waals surface area contributed by atoms with Crippen LogP contribution >= 0.6 is 0 Å². The fourth-order valence-electron chi connectivity index (χ4n) is 2.93. The molecular formula is C20H23N3O2. The summed E-state index contributed by atoms with van der Waals surface area (Å²) < 4.78 is 8.12. The van der Waals surface area contributed by atoms with Gasteiger partial charge in [-0.1, -0.05) is 30.3 Å². The molecule has 0 bridgehead atoms. The van der Waals surface area contributed by atoms with Crippen molar-refractivity contribution in [2.75, 3.05) is 13.2 Å². The van der Waals surface area contributed by atoms with Crippen molar-refractivity contribution < 1.29 is 9.53 Å². The number of amides is 1. The molecule has 5 nitrogen and oxygen atoms in total. The minimum atomic E-state index is 0.590. The Morgan fingerprint density at radius 2 is 1.96 bits per heavy atom. The first-order chi connectivity index (χ1) is 12.3. The van der Waals surface area contributed by atoms with Gasteiger partial charge in [-0.25, -0.2) is 4.98 Å². The molecule has 0 atom stereocenters. The maximum Gasteiger partial charge on any atom is 0.207 e. The van der Waals surface area contributed by atoms with E-state index in [4.69, 9.17) is 9.72 Å². The van der Waals surface area contributed by atoms with Gasteiger partial charge < -0.3 is 14.6 Å². The van der Waals surface area contributed by atoms with E-state index in [0.717, 1.165) is 47.5 Å². The molecule has 0 saturated heterocycles. The third-order valence-electron chi connectivity index (χ3n) is 4.19. The lowest BCUT2D eigenvalue weighted by Gasteiger charge is -2.11. The Morgan fingerprint density at radius 3 is 2.80 bits per heavy atom. The standard InChI is InChI=1S/C20H23N3O2/c1-16-7-2-5-10-19(16)25-14-6-13-23-18-9-4-3-8-17(18)22-20(23)11-12-21-15-24/h2-5,7-10,15H,6,11-14H2,1H3,(H,21,24). The largest absolute Gasteiger partial charge is 0.493 e. The summed E-state index contributed by atoms with van der Waals surface area (Å²) in [6.07, 6.45) is 2.33. The first-order valence-electron chi connectivity index (χ1n) is 8.59. The predicted octanol–water partition coefficient (Wildman–Crippen LogP) is 3.10. The van der Waals surface area contributed by atoms with Crippen molar-refractivity contribution in [2.45, 2.75) is 26.3 Å². The van der Waals surface area contributed by atoms with Crippen LogP contribution < -0.4 is 10.1 Å². The van der Waals surface area contributed by atoms with Crippen LogP contribution in [0.2, 0.25) is 0 Å². The van der Waals surface area contributed by atoms with Crippen LogP contribution in [-0.4, -0.2) is 29.1 Å². The van der Waals surface area contributed by atoms with Crippen molar-refractivity contribution in [3.63, 3.8) is 0 Å². The fraction of sp³-hybridized carbons (Fsp3) is 0.300. The topological polar surface area (TPSA) is 56.1 Å². The summed E-state index contributed by atoms with van der Waals surface area (Å²) in [6, 6.07) is 16.2. The Bertz CT molecular complexity index is 842. The lowest BCUT2D eigenvalue weighted by atomic mass is 10.2. The monoisotopic (exact) mass is 337 g/mol. The normalized spacial score (nSPS) is 10.8. The number of para-hydroxylation sites is 3. The molecule has 0 aliphatic carbocycles. The van der Waals surface area contributed by atoms with Crippen LogP contribution in [0.4, 0.5) is 0 Å². The number of fused-ring (bicyclic) bond motifs is 1. The van der Waals surface area contributed by atoms with Crippen LogP contribution in [0.1, 0.15) is 17.8 Å². The molecule has 25 heavy (non-hydrogen) atoms. The molecule has 0 spiro atoms. The summed E-state index contributed by atoms with van der Waals surface area (Å²) in [5.41, 5.74) is 3.26. The number of hydrogen-bond acceptors (Lipinski definition) is 3. The number of ether oxygens (including phenoxy) is 1. The van der Waals surface area contributed by atoms with Gasteiger partial charge in [-0.15, -0.1) is 0 Å². The van der Waals surface area contributed by atoms with Gasteiger partial charge in [0.05, 0.1) is 17.6 Å². The molecule has 3 rings (SSSR count). The van der Waals surface area contributed by atoms with Crippen molar-refractivity contribution in [3.8, 4) is 5.75 Å². The summed E-state index contributed by atoms with van der Waals surface area (Å²) in [5.74, 6) is 1.93. The average Bonchev–Trinajstić information content (AvgIpc) is 2.98.